The molecule has 0 bridgehead atoms. The highest BCUT2D eigenvalue weighted by molar-refractivity contribution is 6.20. The lowest BCUT2D eigenvalue weighted by molar-refractivity contribution is -0.250. The highest BCUT2D eigenvalue weighted by Gasteiger charge is 2.65. The maximum absolute atomic E-state index is 14.5. The van der Waals surface area contributed by atoms with E-state index < -0.39 is 66.0 Å². The van der Waals surface area contributed by atoms with Crippen LogP contribution in [0.5, 0.6) is 0 Å². The molecule has 1 aromatic carbocycles. The predicted molar refractivity (Wildman–Crippen MR) is 99.6 cm³/mol. The fraction of sp³-hybridized carbons (Fsp3) is 0.500. The number of halogens is 4. The first-order valence-corrected chi connectivity index (χ1v) is 9.78. The molecule has 8 nitrogen and oxygen atoms in total. The molecular formula is C20H18F4N4O4. The molecule has 0 saturated carbocycles. The van der Waals surface area contributed by atoms with E-state index in [1.54, 1.807) is 19.9 Å². The van der Waals surface area contributed by atoms with Crippen molar-refractivity contribution in [2.24, 2.45) is 11.3 Å². The Balaban J connectivity index is 1.97. The van der Waals surface area contributed by atoms with Crippen LogP contribution in [0.4, 0.5) is 28.0 Å². The summed E-state index contributed by atoms with van der Waals surface area (Å²) < 4.78 is 60.9. The molecule has 2 fully saturated rings. The molecule has 0 aliphatic carbocycles. The number of carbonyl (C=O) groups excluding carboxylic acids is 3. The van der Waals surface area contributed by atoms with Crippen molar-refractivity contribution in [3.8, 4) is 6.07 Å². The molecule has 1 unspecified atom stereocenters. The Morgan fingerprint density at radius 3 is 2.38 bits per heavy atom. The molecule has 3 aliphatic heterocycles. The van der Waals surface area contributed by atoms with Gasteiger partial charge in [-0.15, -0.1) is 0 Å². The number of barbiturate groups is 1. The van der Waals surface area contributed by atoms with Gasteiger partial charge in [-0.3, -0.25) is 20.2 Å². The first-order valence-electron chi connectivity index (χ1n) is 9.78. The van der Waals surface area contributed by atoms with Gasteiger partial charge in [-0.05, 0) is 30.0 Å². The van der Waals surface area contributed by atoms with Gasteiger partial charge in [0.25, 0.3) is 0 Å². The maximum Gasteiger partial charge on any atom is 0.416 e. The number of rotatable bonds is 1. The smallest absolute Gasteiger partial charge is 0.361 e. The lowest BCUT2D eigenvalue weighted by Gasteiger charge is -2.57. The van der Waals surface area contributed by atoms with Crippen molar-refractivity contribution in [2.75, 3.05) is 11.4 Å². The zero-order valence-corrected chi connectivity index (χ0v) is 16.9. The van der Waals surface area contributed by atoms with E-state index in [1.807, 2.05) is 10.6 Å². The van der Waals surface area contributed by atoms with Gasteiger partial charge >= 0.3 is 12.2 Å². The van der Waals surface area contributed by atoms with Crippen molar-refractivity contribution in [1.29, 1.82) is 5.26 Å². The third kappa shape index (κ3) is 3.10. The third-order valence-corrected chi connectivity index (χ3v) is 6.19. The summed E-state index contributed by atoms with van der Waals surface area (Å²) in [5.74, 6) is -3.50. The molecule has 12 heteroatoms. The second kappa shape index (κ2) is 7.16. The van der Waals surface area contributed by atoms with Gasteiger partial charge < -0.3 is 9.64 Å². The van der Waals surface area contributed by atoms with Gasteiger partial charge in [0, 0.05) is 5.69 Å². The quantitative estimate of drug-likeness (QED) is 0.494. The largest absolute Gasteiger partial charge is 0.416 e. The number of hydrogen-bond donors (Lipinski definition) is 2. The van der Waals surface area contributed by atoms with Gasteiger partial charge in [0.05, 0.1) is 24.3 Å². The molecule has 3 heterocycles. The van der Waals surface area contributed by atoms with Gasteiger partial charge in [-0.25, -0.2) is 9.18 Å². The first-order chi connectivity index (χ1) is 14.9. The second-order valence-corrected chi connectivity index (χ2v) is 8.43. The van der Waals surface area contributed by atoms with Crippen LogP contribution in [-0.4, -0.2) is 48.8 Å². The summed E-state index contributed by atoms with van der Waals surface area (Å²) in [5, 5.41) is 13.2. The van der Waals surface area contributed by atoms with Crippen LogP contribution in [-0.2, 0) is 20.7 Å². The zero-order chi connectivity index (χ0) is 23.6. The average Bonchev–Trinajstić information content (AvgIpc) is 2.70. The van der Waals surface area contributed by atoms with Crippen molar-refractivity contribution in [2.45, 2.75) is 44.7 Å². The molecule has 0 radical (unpaired) electrons. The molecule has 0 aromatic heterocycles. The number of ether oxygens (including phenoxy) is 1. The van der Waals surface area contributed by atoms with Gasteiger partial charge in [0.1, 0.15) is 11.9 Å². The van der Waals surface area contributed by atoms with E-state index in [0.717, 1.165) is 17.0 Å². The van der Waals surface area contributed by atoms with Crippen molar-refractivity contribution >= 4 is 23.5 Å². The summed E-state index contributed by atoms with van der Waals surface area (Å²) in [7, 11) is 0. The molecule has 2 N–H and O–H groups in total. The van der Waals surface area contributed by atoms with E-state index in [1.165, 1.54) is 0 Å². The van der Waals surface area contributed by atoms with Crippen LogP contribution in [0.3, 0.4) is 0 Å². The number of hydrogen-bond acceptors (Lipinski definition) is 6. The standard InChI is InChI=1S/C20H18F4N4O4/c1-8(2)14-15-19(16(29)26-18(31)27-17(19)30)5-9-3-10(6-25)11(21)4-12(9)28(15)7-13(32-14)20(22,23)24/h3-4,8,13-15H,5,7H2,1-2H3,(H2,26,27,29,30,31)/t13-,14?,15+/m0/s1. The first kappa shape index (κ1) is 22.0. The van der Waals surface area contributed by atoms with Crippen LogP contribution in [0, 0.1) is 28.5 Å². The van der Waals surface area contributed by atoms with Crippen molar-refractivity contribution < 1.29 is 36.7 Å². The summed E-state index contributed by atoms with van der Waals surface area (Å²) >= 11 is 0. The van der Waals surface area contributed by atoms with E-state index in [2.05, 4.69) is 0 Å². The third-order valence-electron chi connectivity index (χ3n) is 6.19. The molecule has 1 spiro atoms. The van der Waals surface area contributed by atoms with Gasteiger partial charge in [-0.1, -0.05) is 13.8 Å². The molecule has 3 aliphatic rings. The van der Waals surface area contributed by atoms with E-state index in [4.69, 9.17) is 4.74 Å². The van der Waals surface area contributed by atoms with Crippen LogP contribution in [0.15, 0.2) is 12.1 Å². The number of anilines is 1. The van der Waals surface area contributed by atoms with Crippen LogP contribution in [0.1, 0.15) is 25.0 Å². The van der Waals surface area contributed by atoms with Crippen LogP contribution < -0.4 is 15.5 Å². The minimum Gasteiger partial charge on any atom is -0.361 e. The SMILES string of the molecule is CC(C)C1O[C@H](C(F)(F)F)CN2c3cc(F)c(C#N)cc3CC3(C(=O)NC(=O)NC3=O)[C@@H]12. The number of fused-ring (bicyclic) bond motifs is 4. The van der Waals surface area contributed by atoms with Crippen molar-refractivity contribution in [3.05, 3.63) is 29.1 Å². The molecular weight excluding hydrogens is 436 g/mol. The normalized spacial score (nSPS) is 26.9. The molecule has 32 heavy (non-hydrogen) atoms. The number of nitrogens with one attached hydrogen (secondary N) is 2. The maximum atomic E-state index is 14.5. The lowest BCUT2D eigenvalue weighted by atomic mass is 9.65. The van der Waals surface area contributed by atoms with Gasteiger partial charge in [0.2, 0.25) is 11.8 Å². The predicted octanol–water partition coefficient (Wildman–Crippen LogP) is 1.77. The number of imide groups is 2. The number of nitriles is 1. The van der Waals surface area contributed by atoms with Crippen LogP contribution >= 0.6 is 0 Å². The Morgan fingerprint density at radius 1 is 1.22 bits per heavy atom. The van der Waals surface area contributed by atoms with E-state index in [0.29, 0.717) is 0 Å². The van der Waals surface area contributed by atoms with Crippen LogP contribution in [0.25, 0.3) is 0 Å². The Kier molecular flexibility index (Phi) is 4.93. The number of carbonyl (C=O) groups is 3. The number of amides is 4. The summed E-state index contributed by atoms with van der Waals surface area (Å²) in [6.07, 6.45) is -8.63. The highest BCUT2D eigenvalue weighted by Crippen LogP contribution is 2.49. The number of urea groups is 1. The molecule has 1 aromatic rings. The van der Waals surface area contributed by atoms with E-state index in [9.17, 15) is 37.2 Å². The molecule has 4 rings (SSSR count). The fourth-order valence-electron chi connectivity index (χ4n) is 4.77. The molecule has 170 valence electrons. The molecule has 2 saturated heterocycles. The van der Waals surface area contributed by atoms with Crippen molar-refractivity contribution in [1.82, 2.24) is 10.6 Å². The Labute approximate surface area is 179 Å². The topological polar surface area (TPSA) is 112 Å². The Hall–Kier alpha value is -3.20. The van der Waals surface area contributed by atoms with Gasteiger partial charge in [-0.2, -0.15) is 18.4 Å². The second-order valence-electron chi connectivity index (χ2n) is 8.43. The van der Waals surface area contributed by atoms with Crippen molar-refractivity contribution in [3.63, 3.8) is 0 Å². The highest BCUT2D eigenvalue weighted by atomic mass is 19.4. The summed E-state index contributed by atoms with van der Waals surface area (Å²) in [6.45, 7) is 2.36. The summed E-state index contributed by atoms with van der Waals surface area (Å²) in [5.41, 5.74) is -2.23. The minimum absolute atomic E-state index is 0.0397. The Morgan fingerprint density at radius 2 is 1.84 bits per heavy atom. The average molecular weight is 454 g/mol. The number of morpholine rings is 1. The van der Waals surface area contributed by atoms with Gasteiger partial charge in [0.15, 0.2) is 11.5 Å². The fourth-order valence-corrected chi connectivity index (χ4v) is 4.77. The lowest BCUT2D eigenvalue weighted by Crippen LogP contribution is -2.77. The molecule has 4 amide bonds. The number of benzene rings is 1. The van der Waals surface area contributed by atoms with E-state index in [-0.39, 0.29) is 23.2 Å². The number of alkyl halides is 3. The Bertz CT molecular complexity index is 1040. The van der Waals surface area contributed by atoms with E-state index >= 15 is 0 Å². The monoisotopic (exact) mass is 454 g/mol. The summed E-state index contributed by atoms with van der Waals surface area (Å²) in [4.78, 5) is 39.0. The summed E-state index contributed by atoms with van der Waals surface area (Å²) in [6, 6.07) is 1.39. The molecule has 3 atom stereocenters. The number of nitrogens with zero attached hydrogens (tertiary/aromatic N) is 2. The zero-order valence-electron chi connectivity index (χ0n) is 16.9. The van der Waals surface area contributed by atoms with Crippen LogP contribution in [0.2, 0.25) is 0 Å². The minimum atomic E-state index is -4.76.